The Bertz CT molecular complexity index is 1030. The van der Waals surface area contributed by atoms with Crippen LogP contribution >= 0.6 is 0 Å². The van der Waals surface area contributed by atoms with Crippen LogP contribution in [0.5, 0.6) is 0 Å². The lowest BCUT2D eigenvalue weighted by atomic mass is 9.81. The van der Waals surface area contributed by atoms with Crippen LogP contribution in [0.3, 0.4) is 0 Å². The smallest absolute Gasteiger partial charge is 0.242 e. The van der Waals surface area contributed by atoms with E-state index in [-0.39, 0.29) is 28.5 Å². The van der Waals surface area contributed by atoms with Gasteiger partial charge in [0.05, 0.1) is 4.90 Å². The molecule has 8 nitrogen and oxygen atoms in total. The zero-order chi connectivity index (χ0) is 23.8. The molecule has 1 aliphatic rings. The Balaban J connectivity index is 1.39. The molecule has 2 aromatic rings. The number of sulfonamides is 1. The van der Waals surface area contributed by atoms with E-state index in [1.807, 2.05) is 19.1 Å². The molecule has 3 rings (SSSR count). The maximum absolute atomic E-state index is 12.6. The van der Waals surface area contributed by atoms with Crippen LogP contribution in [0, 0.1) is 18.8 Å². The normalized spacial score (nSPS) is 19.5. The average Bonchev–Trinajstić information content (AvgIpc) is 2.82. The summed E-state index contributed by atoms with van der Waals surface area (Å²) in [7, 11) is -3.53. The summed E-state index contributed by atoms with van der Waals surface area (Å²) in [5, 5.41) is 5.62. The van der Waals surface area contributed by atoms with Gasteiger partial charge in [0.2, 0.25) is 21.8 Å². The number of rotatable bonds is 9. The molecule has 0 bridgehead atoms. The van der Waals surface area contributed by atoms with Crippen molar-refractivity contribution in [1.29, 1.82) is 0 Å². The molecule has 33 heavy (non-hydrogen) atoms. The number of carbonyl (C=O) groups excluding carboxylic acids is 2. The molecule has 1 aromatic heterocycles. The molecule has 1 heterocycles. The fourth-order valence-corrected chi connectivity index (χ4v) is 5.01. The molecule has 1 fully saturated rings. The van der Waals surface area contributed by atoms with E-state index in [9.17, 15) is 18.0 Å². The monoisotopic (exact) mass is 472 g/mol. The minimum atomic E-state index is -3.53. The van der Waals surface area contributed by atoms with Gasteiger partial charge in [-0.3, -0.25) is 14.6 Å². The maximum atomic E-state index is 12.6. The van der Waals surface area contributed by atoms with E-state index >= 15 is 0 Å². The van der Waals surface area contributed by atoms with Crippen molar-refractivity contribution >= 4 is 21.8 Å². The second kappa shape index (κ2) is 11.4. The summed E-state index contributed by atoms with van der Waals surface area (Å²) in [4.78, 5) is 29.1. The fraction of sp³-hybridized carbons (Fsp3) is 0.458. The molecule has 0 radical (unpaired) electrons. The number of pyridine rings is 1. The minimum absolute atomic E-state index is 0.125. The predicted molar refractivity (Wildman–Crippen MR) is 126 cm³/mol. The first-order chi connectivity index (χ1) is 15.7. The molecule has 1 aliphatic carbocycles. The van der Waals surface area contributed by atoms with Crippen LogP contribution in [0.1, 0.15) is 43.7 Å². The first kappa shape index (κ1) is 24.9. The Morgan fingerprint density at radius 3 is 2.30 bits per heavy atom. The molecule has 1 unspecified atom stereocenters. The summed E-state index contributed by atoms with van der Waals surface area (Å²) < 4.78 is 27.6. The molecular weight excluding hydrogens is 440 g/mol. The number of amides is 2. The van der Waals surface area contributed by atoms with Crippen molar-refractivity contribution in [1.82, 2.24) is 20.3 Å². The zero-order valence-corrected chi connectivity index (χ0v) is 19.9. The summed E-state index contributed by atoms with van der Waals surface area (Å²) in [6, 6.07) is 9.78. The van der Waals surface area contributed by atoms with Gasteiger partial charge in [0, 0.05) is 31.4 Å². The van der Waals surface area contributed by atoms with E-state index in [1.54, 1.807) is 43.6 Å². The predicted octanol–water partition coefficient (Wildman–Crippen LogP) is 2.30. The van der Waals surface area contributed by atoms with Gasteiger partial charge in [-0.25, -0.2) is 13.1 Å². The van der Waals surface area contributed by atoms with E-state index in [0.717, 1.165) is 24.0 Å². The standard InChI is InChI=1S/C24H32N4O4S/c1-17-3-9-22(10-4-17)33(31,32)27-16-19-5-7-21(8-6-19)24(30)28-18(2)23(29)26-15-20-11-13-25-14-12-20/h3-4,9-14,18-19,21,27H,5-8,15-16H2,1-2H3,(H,26,29)(H,28,30). The molecule has 178 valence electrons. The highest BCUT2D eigenvalue weighted by atomic mass is 32.2. The van der Waals surface area contributed by atoms with Gasteiger partial charge in [-0.2, -0.15) is 0 Å². The number of nitrogens with one attached hydrogen (secondary N) is 3. The molecule has 3 N–H and O–H groups in total. The van der Waals surface area contributed by atoms with E-state index in [0.29, 0.717) is 25.9 Å². The van der Waals surface area contributed by atoms with Gasteiger partial charge < -0.3 is 10.6 Å². The van der Waals surface area contributed by atoms with Crippen molar-refractivity contribution in [2.45, 2.75) is 57.0 Å². The SMILES string of the molecule is Cc1ccc(S(=O)(=O)NCC2CCC(C(=O)NC(C)C(=O)NCc3ccncc3)CC2)cc1. The van der Waals surface area contributed by atoms with Crippen LogP contribution in [-0.4, -0.2) is 37.8 Å². The number of aromatic nitrogens is 1. The number of hydrogen-bond donors (Lipinski definition) is 3. The highest BCUT2D eigenvalue weighted by Crippen LogP contribution is 2.29. The van der Waals surface area contributed by atoms with Crippen molar-refractivity contribution < 1.29 is 18.0 Å². The third kappa shape index (κ3) is 7.36. The van der Waals surface area contributed by atoms with E-state index < -0.39 is 16.1 Å². The van der Waals surface area contributed by atoms with E-state index in [1.165, 1.54) is 0 Å². The molecule has 1 atom stereocenters. The van der Waals surface area contributed by atoms with Crippen LogP contribution in [0.25, 0.3) is 0 Å². The molecule has 0 spiro atoms. The van der Waals surface area contributed by atoms with Crippen molar-refractivity contribution in [3.05, 3.63) is 59.9 Å². The summed E-state index contributed by atoms with van der Waals surface area (Å²) in [5.41, 5.74) is 1.94. The van der Waals surface area contributed by atoms with Gasteiger partial charge in [-0.05, 0) is 75.3 Å². The Labute approximate surface area is 195 Å². The number of benzene rings is 1. The van der Waals surface area contributed by atoms with Gasteiger partial charge in [0.25, 0.3) is 0 Å². The molecule has 1 saturated carbocycles. The molecular formula is C24H32N4O4S. The lowest BCUT2D eigenvalue weighted by Gasteiger charge is -2.28. The minimum Gasteiger partial charge on any atom is -0.350 e. The number of aryl methyl sites for hydroxylation is 1. The topological polar surface area (TPSA) is 117 Å². The Hall–Kier alpha value is -2.78. The number of hydrogen-bond acceptors (Lipinski definition) is 5. The third-order valence-electron chi connectivity index (χ3n) is 6.08. The van der Waals surface area contributed by atoms with Gasteiger partial charge in [0.15, 0.2) is 0 Å². The first-order valence-electron chi connectivity index (χ1n) is 11.3. The van der Waals surface area contributed by atoms with Crippen LogP contribution in [0.2, 0.25) is 0 Å². The van der Waals surface area contributed by atoms with Gasteiger partial charge in [0.1, 0.15) is 6.04 Å². The highest BCUT2D eigenvalue weighted by molar-refractivity contribution is 7.89. The van der Waals surface area contributed by atoms with Crippen LogP contribution < -0.4 is 15.4 Å². The number of carbonyl (C=O) groups is 2. The average molecular weight is 473 g/mol. The Morgan fingerprint density at radius 1 is 1.03 bits per heavy atom. The largest absolute Gasteiger partial charge is 0.350 e. The lowest BCUT2D eigenvalue weighted by molar-refractivity contribution is -0.131. The van der Waals surface area contributed by atoms with Crippen LogP contribution in [0.4, 0.5) is 0 Å². The second-order valence-corrected chi connectivity index (χ2v) is 10.5. The quantitative estimate of drug-likeness (QED) is 0.518. The summed E-state index contributed by atoms with van der Waals surface area (Å²) in [5.74, 6) is -0.333. The van der Waals surface area contributed by atoms with Gasteiger partial charge in [-0.15, -0.1) is 0 Å². The number of nitrogens with zero attached hydrogens (tertiary/aromatic N) is 1. The third-order valence-corrected chi connectivity index (χ3v) is 7.52. The summed E-state index contributed by atoms with van der Waals surface area (Å²) in [6.45, 7) is 4.32. The lowest BCUT2D eigenvalue weighted by Crippen LogP contribution is -2.47. The van der Waals surface area contributed by atoms with E-state index in [4.69, 9.17) is 0 Å². The van der Waals surface area contributed by atoms with Gasteiger partial charge in [-0.1, -0.05) is 17.7 Å². The maximum Gasteiger partial charge on any atom is 0.242 e. The van der Waals surface area contributed by atoms with Gasteiger partial charge >= 0.3 is 0 Å². The Kier molecular flexibility index (Phi) is 8.57. The molecule has 0 aliphatic heterocycles. The Morgan fingerprint density at radius 2 is 1.67 bits per heavy atom. The van der Waals surface area contributed by atoms with E-state index in [2.05, 4.69) is 20.3 Å². The summed E-state index contributed by atoms with van der Waals surface area (Å²) >= 11 is 0. The molecule has 1 aromatic carbocycles. The van der Waals surface area contributed by atoms with Crippen molar-refractivity contribution in [3.8, 4) is 0 Å². The van der Waals surface area contributed by atoms with Crippen molar-refractivity contribution in [3.63, 3.8) is 0 Å². The molecule has 0 saturated heterocycles. The molecule has 2 amide bonds. The van der Waals surface area contributed by atoms with Crippen LogP contribution in [-0.2, 0) is 26.2 Å². The summed E-state index contributed by atoms with van der Waals surface area (Å²) in [6.07, 6.45) is 6.20. The van der Waals surface area contributed by atoms with Crippen molar-refractivity contribution in [2.24, 2.45) is 11.8 Å². The highest BCUT2D eigenvalue weighted by Gasteiger charge is 2.29. The van der Waals surface area contributed by atoms with Crippen LogP contribution in [0.15, 0.2) is 53.7 Å². The first-order valence-corrected chi connectivity index (χ1v) is 12.8. The zero-order valence-electron chi connectivity index (χ0n) is 19.1. The fourth-order valence-electron chi connectivity index (χ4n) is 3.90. The molecule has 9 heteroatoms. The second-order valence-electron chi connectivity index (χ2n) is 8.69. The van der Waals surface area contributed by atoms with Crippen molar-refractivity contribution in [2.75, 3.05) is 6.54 Å².